The van der Waals surface area contributed by atoms with E-state index < -0.39 is 0 Å². The SMILES string of the molecule is Cc1ccccc1Nc1ncnc2c1cnn2-c1ccc(N2CCC(N(C)C)C2)cc1. The molecule has 1 N–H and O–H groups in total. The van der Waals surface area contributed by atoms with Crippen LogP contribution in [0.2, 0.25) is 0 Å². The topological polar surface area (TPSA) is 62.1 Å². The summed E-state index contributed by atoms with van der Waals surface area (Å²) in [5.74, 6) is 0.758. The van der Waals surface area contributed by atoms with E-state index >= 15 is 0 Å². The molecule has 1 saturated heterocycles. The molecule has 1 aliphatic rings. The van der Waals surface area contributed by atoms with Gasteiger partial charge in [-0.3, -0.25) is 0 Å². The molecular weight excluding hydrogens is 386 g/mol. The number of hydrogen-bond acceptors (Lipinski definition) is 6. The lowest BCUT2D eigenvalue weighted by atomic mass is 10.2. The lowest BCUT2D eigenvalue weighted by molar-refractivity contribution is 0.315. The number of hydrogen-bond donors (Lipinski definition) is 1. The van der Waals surface area contributed by atoms with Gasteiger partial charge in [0.25, 0.3) is 0 Å². The molecule has 7 heteroatoms. The molecule has 2 aromatic carbocycles. The molecule has 0 spiro atoms. The molecule has 4 aromatic rings. The normalized spacial score (nSPS) is 16.4. The Kier molecular flexibility index (Phi) is 5.03. The summed E-state index contributed by atoms with van der Waals surface area (Å²) in [6.07, 6.45) is 4.61. The van der Waals surface area contributed by atoms with E-state index in [-0.39, 0.29) is 0 Å². The number of anilines is 3. The highest BCUT2D eigenvalue weighted by Crippen LogP contribution is 2.27. The van der Waals surface area contributed by atoms with Crippen molar-refractivity contribution in [3.8, 4) is 5.69 Å². The van der Waals surface area contributed by atoms with E-state index in [9.17, 15) is 0 Å². The van der Waals surface area contributed by atoms with Crippen LogP contribution in [0.1, 0.15) is 12.0 Å². The quantitative estimate of drug-likeness (QED) is 0.533. The van der Waals surface area contributed by atoms with Gasteiger partial charge < -0.3 is 15.1 Å². The number of benzene rings is 2. The van der Waals surface area contributed by atoms with Crippen LogP contribution in [0, 0.1) is 6.92 Å². The minimum Gasteiger partial charge on any atom is -0.370 e. The van der Waals surface area contributed by atoms with Gasteiger partial charge in [-0.05, 0) is 63.3 Å². The van der Waals surface area contributed by atoms with E-state index in [1.54, 1.807) is 6.33 Å². The molecule has 1 unspecified atom stereocenters. The maximum Gasteiger partial charge on any atom is 0.168 e. The zero-order valence-corrected chi connectivity index (χ0v) is 18.2. The van der Waals surface area contributed by atoms with Crippen molar-refractivity contribution in [2.24, 2.45) is 0 Å². The molecule has 7 nitrogen and oxygen atoms in total. The number of aromatic nitrogens is 4. The summed E-state index contributed by atoms with van der Waals surface area (Å²) in [6, 6.07) is 17.4. The Morgan fingerprint density at radius 2 is 1.77 bits per heavy atom. The summed E-state index contributed by atoms with van der Waals surface area (Å²) >= 11 is 0. The van der Waals surface area contributed by atoms with Crippen LogP contribution >= 0.6 is 0 Å². The Morgan fingerprint density at radius 1 is 1.00 bits per heavy atom. The van der Waals surface area contributed by atoms with E-state index in [1.165, 1.54) is 12.1 Å². The van der Waals surface area contributed by atoms with Gasteiger partial charge in [0.1, 0.15) is 12.1 Å². The number of rotatable bonds is 5. The molecule has 5 rings (SSSR count). The van der Waals surface area contributed by atoms with Crippen molar-refractivity contribution in [3.63, 3.8) is 0 Å². The van der Waals surface area contributed by atoms with Crippen molar-refractivity contribution < 1.29 is 0 Å². The van der Waals surface area contributed by atoms with Crippen LogP contribution in [0.5, 0.6) is 0 Å². The number of nitrogens with one attached hydrogen (secondary N) is 1. The van der Waals surface area contributed by atoms with Gasteiger partial charge in [-0.2, -0.15) is 5.10 Å². The number of aryl methyl sites for hydroxylation is 1. The van der Waals surface area contributed by atoms with Crippen molar-refractivity contribution in [1.82, 2.24) is 24.6 Å². The van der Waals surface area contributed by atoms with Crippen LogP contribution in [0.4, 0.5) is 17.2 Å². The Balaban J connectivity index is 1.42. The smallest absolute Gasteiger partial charge is 0.168 e. The first kappa shape index (κ1) is 19.5. The predicted molar refractivity (Wildman–Crippen MR) is 125 cm³/mol. The molecule has 0 saturated carbocycles. The van der Waals surface area contributed by atoms with E-state index in [0.29, 0.717) is 6.04 Å². The third-order valence-electron chi connectivity index (χ3n) is 6.12. The van der Waals surface area contributed by atoms with E-state index in [2.05, 4.69) is 81.5 Å². The standard InChI is InChI=1S/C24H27N7/c1-17-6-4-5-7-22(17)28-23-21-14-27-31(24(21)26-16-25-23)19-10-8-18(9-11-19)30-13-12-20(15-30)29(2)3/h4-11,14,16,20H,12-13,15H2,1-3H3,(H,25,26,28). The van der Waals surface area contributed by atoms with Gasteiger partial charge in [-0.25, -0.2) is 14.6 Å². The largest absolute Gasteiger partial charge is 0.370 e. The second-order valence-corrected chi connectivity index (χ2v) is 8.32. The molecule has 158 valence electrons. The van der Waals surface area contributed by atoms with Gasteiger partial charge in [0.2, 0.25) is 0 Å². The average molecular weight is 414 g/mol. The van der Waals surface area contributed by atoms with Crippen LogP contribution in [-0.4, -0.2) is 57.9 Å². The highest BCUT2D eigenvalue weighted by Gasteiger charge is 2.24. The molecule has 0 amide bonds. The van der Waals surface area contributed by atoms with Crippen molar-refractivity contribution in [1.29, 1.82) is 0 Å². The number of likely N-dealkylation sites (N-methyl/N-ethyl adjacent to an activating group) is 1. The highest BCUT2D eigenvalue weighted by atomic mass is 15.3. The minimum atomic E-state index is 0.616. The molecule has 31 heavy (non-hydrogen) atoms. The first-order chi connectivity index (χ1) is 15.1. The minimum absolute atomic E-state index is 0.616. The van der Waals surface area contributed by atoms with Crippen molar-refractivity contribution in [2.45, 2.75) is 19.4 Å². The predicted octanol–water partition coefficient (Wildman–Crippen LogP) is 4.01. The van der Waals surface area contributed by atoms with Gasteiger partial charge in [0.15, 0.2) is 5.65 Å². The summed E-state index contributed by atoms with van der Waals surface area (Å²) in [5, 5.41) is 8.92. The van der Waals surface area contributed by atoms with Crippen LogP contribution in [0.15, 0.2) is 61.1 Å². The summed E-state index contributed by atoms with van der Waals surface area (Å²) in [6.45, 7) is 4.24. The summed E-state index contributed by atoms with van der Waals surface area (Å²) in [5.41, 5.74) is 5.22. The van der Waals surface area contributed by atoms with Crippen LogP contribution in [-0.2, 0) is 0 Å². The number of para-hydroxylation sites is 1. The molecule has 3 heterocycles. The van der Waals surface area contributed by atoms with Crippen LogP contribution in [0.25, 0.3) is 16.7 Å². The van der Waals surface area contributed by atoms with Gasteiger partial charge in [0, 0.05) is 30.5 Å². The average Bonchev–Trinajstić information content (AvgIpc) is 3.44. The molecule has 1 fully saturated rings. The van der Waals surface area contributed by atoms with Crippen molar-refractivity contribution >= 4 is 28.2 Å². The zero-order chi connectivity index (χ0) is 21.4. The maximum atomic E-state index is 4.61. The number of nitrogens with zero attached hydrogens (tertiary/aromatic N) is 6. The van der Waals surface area contributed by atoms with Crippen LogP contribution < -0.4 is 10.2 Å². The molecule has 0 radical (unpaired) electrons. The lowest BCUT2D eigenvalue weighted by Gasteiger charge is -2.22. The maximum absolute atomic E-state index is 4.61. The van der Waals surface area contributed by atoms with Crippen molar-refractivity contribution in [3.05, 3.63) is 66.6 Å². The molecule has 1 atom stereocenters. The van der Waals surface area contributed by atoms with Crippen molar-refractivity contribution in [2.75, 3.05) is 37.4 Å². The summed E-state index contributed by atoms with van der Waals surface area (Å²) in [7, 11) is 4.31. The Morgan fingerprint density at radius 3 is 2.52 bits per heavy atom. The third kappa shape index (κ3) is 3.72. The number of fused-ring (bicyclic) bond motifs is 1. The summed E-state index contributed by atoms with van der Waals surface area (Å²) < 4.78 is 1.87. The third-order valence-corrected chi connectivity index (χ3v) is 6.12. The first-order valence-corrected chi connectivity index (χ1v) is 10.6. The molecule has 2 aromatic heterocycles. The second-order valence-electron chi connectivity index (χ2n) is 8.32. The van der Waals surface area contributed by atoms with Gasteiger partial charge in [-0.15, -0.1) is 0 Å². The van der Waals surface area contributed by atoms with Crippen LogP contribution in [0.3, 0.4) is 0 Å². The fourth-order valence-corrected chi connectivity index (χ4v) is 4.18. The molecule has 1 aliphatic heterocycles. The molecule has 0 bridgehead atoms. The summed E-state index contributed by atoms with van der Waals surface area (Å²) in [4.78, 5) is 13.7. The molecular formula is C24H27N7. The van der Waals surface area contributed by atoms with E-state index in [0.717, 1.165) is 46.9 Å². The van der Waals surface area contributed by atoms with E-state index in [4.69, 9.17) is 0 Å². The molecule has 0 aliphatic carbocycles. The monoisotopic (exact) mass is 413 g/mol. The zero-order valence-electron chi connectivity index (χ0n) is 18.2. The van der Waals surface area contributed by atoms with E-state index in [1.807, 2.05) is 29.1 Å². The highest BCUT2D eigenvalue weighted by molar-refractivity contribution is 5.89. The Bertz CT molecular complexity index is 1200. The van der Waals surface area contributed by atoms with Gasteiger partial charge in [0.05, 0.1) is 17.3 Å². The first-order valence-electron chi connectivity index (χ1n) is 10.6. The fraction of sp³-hybridized carbons (Fsp3) is 0.292. The fourth-order valence-electron chi connectivity index (χ4n) is 4.18. The Hall–Kier alpha value is -3.45. The lowest BCUT2D eigenvalue weighted by Crippen LogP contribution is -2.31. The second kappa shape index (κ2) is 8.00. The van der Waals surface area contributed by atoms with Gasteiger partial charge in [-0.1, -0.05) is 18.2 Å². The van der Waals surface area contributed by atoms with Gasteiger partial charge >= 0.3 is 0 Å². The Labute approximate surface area is 182 Å².